The van der Waals surface area contributed by atoms with Gasteiger partial charge in [-0.2, -0.15) is 0 Å². The van der Waals surface area contributed by atoms with Gasteiger partial charge in [-0.25, -0.2) is 0 Å². The maximum absolute atomic E-state index is 10.3. The molecule has 2 atom stereocenters. The fourth-order valence-corrected chi connectivity index (χ4v) is 4.06. The number of rotatable bonds is 0. The fourth-order valence-electron chi connectivity index (χ4n) is 2.79. The number of phenolic OH excluding ortho intramolecular Hbond substituents is 1. The summed E-state index contributed by atoms with van der Waals surface area (Å²) in [5, 5.41) is 31.7. The first kappa shape index (κ1) is 11.9. The number of phenols is 1. The second kappa shape index (κ2) is 4.06. The topological polar surface area (TPSA) is 60.7 Å². The number of aliphatic hydroxyl groups excluding tert-OH is 2. The molecule has 100 valence electrons. The van der Waals surface area contributed by atoms with Gasteiger partial charge >= 0.3 is 0 Å². The highest BCUT2D eigenvalue weighted by atomic mass is 32.1. The second-order valence-electron chi connectivity index (χ2n) is 5.02. The standard InChI is InChI=1S/C16H12O3S/c17-9-3-6-13-11(7-9)10-4-1-8-2-5-12(18)15(19)14(8)16(10)20-13/h1-7,12,15,17-19H/t12-,15-/m0/s1. The summed E-state index contributed by atoms with van der Waals surface area (Å²) in [6.45, 7) is 0. The third-order valence-corrected chi connectivity index (χ3v) is 5.01. The predicted octanol–water partition coefficient (Wildman–Crippen LogP) is 3.18. The van der Waals surface area contributed by atoms with E-state index in [1.165, 1.54) is 0 Å². The average Bonchev–Trinajstić information content (AvgIpc) is 2.80. The van der Waals surface area contributed by atoms with E-state index >= 15 is 0 Å². The monoisotopic (exact) mass is 284 g/mol. The van der Waals surface area contributed by atoms with Crippen LogP contribution in [0, 0.1) is 0 Å². The van der Waals surface area contributed by atoms with Crippen LogP contribution in [0.25, 0.3) is 26.2 Å². The Labute approximate surface area is 119 Å². The van der Waals surface area contributed by atoms with Gasteiger partial charge in [0.15, 0.2) is 0 Å². The molecule has 3 nitrogen and oxygen atoms in total. The molecule has 0 saturated carbocycles. The third-order valence-electron chi connectivity index (χ3n) is 3.79. The van der Waals surface area contributed by atoms with E-state index in [4.69, 9.17) is 0 Å². The fraction of sp³-hybridized carbons (Fsp3) is 0.125. The molecule has 0 aliphatic heterocycles. The van der Waals surface area contributed by atoms with Crippen molar-refractivity contribution in [2.45, 2.75) is 12.2 Å². The SMILES string of the molecule is Oc1ccc2sc3c4c(ccc3c2c1)C=C[C@H](O)[C@@H]4O. The minimum absolute atomic E-state index is 0.232. The smallest absolute Gasteiger partial charge is 0.116 e. The molecule has 1 aliphatic rings. The molecule has 0 unspecified atom stereocenters. The van der Waals surface area contributed by atoms with Gasteiger partial charge in [0.2, 0.25) is 0 Å². The van der Waals surface area contributed by atoms with Crippen molar-refractivity contribution in [3.8, 4) is 5.75 Å². The zero-order valence-corrected chi connectivity index (χ0v) is 11.3. The summed E-state index contributed by atoms with van der Waals surface area (Å²) in [6, 6.07) is 9.22. The van der Waals surface area contributed by atoms with E-state index in [1.807, 2.05) is 24.3 Å². The van der Waals surface area contributed by atoms with Crippen LogP contribution in [0.1, 0.15) is 17.2 Å². The van der Waals surface area contributed by atoms with Crippen molar-refractivity contribution in [1.82, 2.24) is 0 Å². The number of aromatic hydroxyl groups is 1. The first-order valence-corrected chi connectivity index (χ1v) is 7.19. The van der Waals surface area contributed by atoms with E-state index in [9.17, 15) is 15.3 Å². The molecule has 4 rings (SSSR count). The molecular weight excluding hydrogens is 272 g/mol. The van der Waals surface area contributed by atoms with Crippen LogP contribution in [-0.4, -0.2) is 21.4 Å². The van der Waals surface area contributed by atoms with E-state index in [0.717, 1.165) is 31.3 Å². The highest BCUT2D eigenvalue weighted by molar-refractivity contribution is 7.26. The molecule has 0 bridgehead atoms. The van der Waals surface area contributed by atoms with Crippen molar-refractivity contribution < 1.29 is 15.3 Å². The van der Waals surface area contributed by atoms with Gasteiger partial charge in [0.05, 0.1) is 0 Å². The van der Waals surface area contributed by atoms with Gasteiger partial charge in [0.1, 0.15) is 18.0 Å². The van der Waals surface area contributed by atoms with Crippen LogP contribution >= 0.6 is 11.3 Å². The summed E-state index contributed by atoms with van der Waals surface area (Å²) >= 11 is 1.57. The Morgan fingerprint density at radius 1 is 1.00 bits per heavy atom. The highest BCUT2D eigenvalue weighted by Gasteiger charge is 2.25. The molecule has 1 aliphatic carbocycles. The lowest BCUT2D eigenvalue weighted by atomic mass is 9.91. The molecule has 4 heteroatoms. The molecule has 1 aromatic heterocycles. The van der Waals surface area contributed by atoms with Gasteiger partial charge in [-0.1, -0.05) is 24.3 Å². The summed E-state index contributed by atoms with van der Waals surface area (Å²) in [5.41, 5.74) is 1.71. The summed E-state index contributed by atoms with van der Waals surface area (Å²) in [7, 11) is 0. The van der Waals surface area contributed by atoms with Crippen LogP contribution in [0.4, 0.5) is 0 Å². The van der Waals surface area contributed by atoms with Gasteiger partial charge in [-0.05, 0) is 23.8 Å². The van der Waals surface area contributed by atoms with Crippen molar-refractivity contribution in [2.24, 2.45) is 0 Å². The highest BCUT2D eigenvalue weighted by Crippen LogP contribution is 2.42. The van der Waals surface area contributed by atoms with Crippen LogP contribution in [0.3, 0.4) is 0 Å². The summed E-state index contributed by atoms with van der Waals surface area (Å²) in [6.07, 6.45) is 1.68. The lowest BCUT2D eigenvalue weighted by Gasteiger charge is -2.22. The third kappa shape index (κ3) is 1.53. The Morgan fingerprint density at radius 2 is 1.85 bits per heavy atom. The molecule has 3 N–H and O–H groups in total. The van der Waals surface area contributed by atoms with Crippen molar-refractivity contribution in [2.75, 3.05) is 0 Å². The summed E-state index contributed by atoms with van der Waals surface area (Å²) < 4.78 is 2.03. The molecule has 2 aromatic carbocycles. The average molecular weight is 284 g/mol. The molecule has 0 fully saturated rings. The largest absolute Gasteiger partial charge is 0.508 e. The van der Waals surface area contributed by atoms with Crippen molar-refractivity contribution in [1.29, 1.82) is 0 Å². The normalized spacial score (nSPS) is 21.5. The van der Waals surface area contributed by atoms with Crippen LogP contribution in [0.5, 0.6) is 5.75 Å². The molecule has 0 radical (unpaired) electrons. The number of hydrogen-bond acceptors (Lipinski definition) is 4. The number of aliphatic hydroxyl groups is 2. The zero-order valence-electron chi connectivity index (χ0n) is 10.4. The molecular formula is C16H12O3S. The first-order chi connectivity index (χ1) is 9.65. The zero-order chi connectivity index (χ0) is 13.9. The Bertz CT molecular complexity index is 863. The molecule has 0 spiro atoms. The number of hydrogen-bond donors (Lipinski definition) is 3. The van der Waals surface area contributed by atoms with Gasteiger partial charge in [-0.15, -0.1) is 11.3 Å². The van der Waals surface area contributed by atoms with Gasteiger partial charge in [-0.3, -0.25) is 0 Å². The number of thiophene rings is 1. The van der Waals surface area contributed by atoms with E-state index in [1.54, 1.807) is 29.5 Å². The molecule has 20 heavy (non-hydrogen) atoms. The van der Waals surface area contributed by atoms with Crippen LogP contribution < -0.4 is 0 Å². The van der Waals surface area contributed by atoms with Crippen molar-refractivity contribution in [3.05, 3.63) is 47.5 Å². The Kier molecular flexibility index (Phi) is 2.41. The van der Waals surface area contributed by atoms with Gasteiger partial charge < -0.3 is 15.3 Å². The van der Waals surface area contributed by atoms with Crippen molar-refractivity contribution in [3.63, 3.8) is 0 Å². The van der Waals surface area contributed by atoms with E-state index in [0.29, 0.717) is 0 Å². The minimum atomic E-state index is -0.902. The quantitative estimate of drug-likeness (QED) is 0.594. The lowest BCUT2D eigenvalue weighted by molar-refractivity contribution is 0.0481. The molecule has 0 saturated heterocycles. The predicted molar refractivity (Wildman–Crippen MR) is 81.0 cm³/mol. The lowest BCUT2D eigenvalue weighted by Crippen LogP contribution is -2.19. The summed E-state index contributed by atoms with van der Waals surface area (Å²) in [5.74, 6) is 0.232. The van der Waals surface area contributed by atoms with Crippen molar-refractivity contribution >= 4 is 37.6 Å². The molecule has 0 amide bonds. The van der Waals surface area contributed by atoms with Gasteiger partial charge in [0.25, 0.3) is 0 Å². The number of benzene rings is 2. The summed E-state index contributed by atoms with van der Waals surface area (Å²) in [4.78, 5) is 0. The number of fused-ring (bicyclic) bond motifs is 5. The van der Waals surface area contributed by atoms with Gasteiger partial charge in [0, 0.05) is 25.7 Å². The van der Waals surface area contributed by atoms with Crippen LogP contribution in [0.2, 0.25) is 0 Å². The maximum Gasteiger partial charge on any atom is 0.116 e. The van der Waals surface area contributed by atoms with E-state index < -0.39 is 12.2 Å². The maximum atomic E-state index is 10.3. The second-order valence-corrected chi connectivity index (χ2v) is 6.07. The van der Waals surface area contributed by atoms with E-state index in [-0.39, 0.29) is 5.75 Å². The Morgan fingerprint density at radius 3 is 2.70 bits per heavy atom. The van der Waals surface area contributed by atoms with E-state index in [2.05, 4.69) is 0 Å². The van der Waals surface area contributed by atoms with Crippen LogP contribution in [0.15, 0.2) is 36.4 Å². The Hall–Kier alpha value is -1.88. The molecule has 3 aromatic rings. The first-order valence-electron chi connectivity index (χ1n) is 6.37. The van der Waals surface area contributed by atoms with Crippen LogP contribution in [-0.2, 0) is 0 Å². The molecule has 1 heterocycles. The Balaban J connectivity index is 2.14. The minimum Gasteiger partial charge on any atom is -0.508 e.